The van der Waals surface area contributed by atoms with Crippen LogP contribution in [-0.4, -0.2) is 51.0 Å². The predicted molar refractivity (Wildman–Crippen MR) is 109 cm³/mol. The standard InChI is InChI=1S/C22H23F3N4O2/c23-22(24,25)20-19(27-18-7-3-4-10-29(18)20)21(31)26-17(14-30)9-12-28-11-8-15-5-1-2-6-16(15)13-28/h1-7,10,17,30H,8-9,11-14H2,(H,26,31). The smallest absolute Gasteiger partial charge is 0.394 e. The maximum atomic E-state index is 13.6. The first-order valence-corrected chi connectivity index (χ1v) is 10.1. The molecule has 3 aromatic rings. The maximum Gasteiger partial charge on any atom is 0.434 e. The molecule has 4 rings (SSSR count). The number of amides is 1. The molecule has 0 fully saturated rings. The van der Waals surface area contributed by atoms with Crippen molar-refractivity contribution in [3.05, 3.63) is 71.2 Å². The van der Waals surface area contributed by atoms with Gasteiger partial charge in [0.25, 0.3) is 5.91 Å². The van der Waals surface area contributed by atoms with Crippen LogP contribution < -0.4 is 5.32 Å². The lowest BCUT2D eigenvalue weighted by Gasteiger charge is -2.30. The molecule has 9 heteroatoms. The summed E-state index contributed by atoms with van der Waals surface area (Å²) in [4.78, 5) is 18.7. The Balaban J connectivity index is 1.44. The number of halogens is 3. The Morgan fingerprint density at radius 1 is 1.16 bits per heavy atom. The van der Waals surface area contributed by atoms with Crippen LogP contribution in [0.4, 0.5) is 13.2 Å². The van der Waals surface area contributed by atoms with Crippen molar-refractivity contribution in [2.45, 2.75) is 31.6 Å². The van der Waals surface area contributed by atoms with Crippen molar-refractivity contribution in [3.63, 3.8) is 0 Å². The highest BCUT2D eigenvalue weighted by Gasteiger charge is 2.40. The number of benzene rings is 1. The SMILES string of the molecule is O=C(NC(CO)CCN1CCc2ccccc2C1)c1nc2ccccn2c1C(F)(F)F. The maximum absolute atomic E-state index is 13.6. The molecule has 0 saturated heterocycles. The first-order chi connectivity index (χ1) is 14.9. The van der Waals surface area contributed by atoms with Gasteiger partial charge in [-0.15, -0.1) is 0 Å². The lowest BCUT2D eigenvalue weighted by atomic mass is 9.99. The van der Waals surface area contributed by atoms with E-state index in [1.54, 1.807) is 6.07 Å². The number of nitrogens with zero attached hydrogens (tertiary/aromatic N) is 3. The van der Waals surface area contributed by atoms with Gasteiger partial charge in [0, 0.05) is 25.8 Å². The molecule has 1 aromatic carbocycles. The minimum absolute atomic E-state index is 0.0347. The van der Waals surface area contributed by atoms with E-state index in [0.717, 1.165) is 23.9 Å². The van der Waals surface area contributed by atoms with Gasteiger partial charge in [0.1, 0.15) is 5.65 Å². The molecule has 31 heavy (non-hydrogen) atoms. The number of fused-ring (bicyclic) bond motifs is 2. The number of nitrogens with one attached hydrogen (secondary N) is 1. The highest BCUT2D eigenvalue weighted by atomic mass is 19.4. The van der Waals surface area contributed by atoms with Crippen LogP contribution in [0.25, 0.3) is 5.65 Å². The number of alkyl halides is 3. The van der Waals surface area contributed by atoms with Gasteiger partial charge in [0.2, 0.25) is 0 Å². The number of hydrogen-bond acceptors (Lipinski definition) is 4. The Labute approximate surface area is 177 Å². The summed E-state index contributed by atoms with van der Waals surface area (Å²) in [6.07, 6.45) is -2.19. The summed E-state index contributed by atoms with van der Waals surface area (Å²) >= 11 is 0. The third kappa shape index (κ3) is 4.57. The summed E-state index contributed by atoms with van der Waals surface area (Å²) in [5.41, 5.74) is 0.789. The molecule has 1 unspecified atom stereocenters. The van der Waals surface area contributed by atoms with Crippen LogP contribution in [0.1, 0.15) is 33.7 Å². The summed E-state index contributed by atoms with van der Waals surface area (Å²) in [7, 11) is 0. The van der Waals surface area contributed by atoms with E-state index in [2.05, 4.69) is 27.3 Å². The Kier molecular flexibility index (Phi) is 5.97. The molecule has 0 spiro atoms. The first kappa shape index (κ1) is 21.3. The van der Waals surface area contributed by atoms with Gasteiger partial charge in [-0.2, -0.15) is 13.2 Å². The van der Waals surface area contributed by atoms with Gasteiger partial charge in [-0.05, 0) is 36.1 Å². The Hall–Kier alpha value is -2.91. The second-order valence-electron chi connectivity index (χ2n) is 7.67. The highest BCUT2D eigenvalue weighted by Crippen LogP contribution is 2.32. The summed E-state index contributed by atoms with van der Waals surface area (Å²) < 4.78 is 41.7. The van der Waals surface area contributed by atoms with Gasteiger partial charge in [0.15, 0.2) is 11.4 Å². The van der Waals surface area contributed by atoms with Gasteiger partial charge in [-0.25, -0.2) is 4.98 Å². The average Bonchev–Trinajstić information content (AvgIpc) is 3.16. The number of aliphatic hydroxyl groups excluding tert-OH is 1. The molecule has 2 aromatic heterocycles. The van der Waals surface area contributed by atoms with E-state index in [4.69, 9.17) is 0 Å². The van der Waals surface area contributed by atoms with Gasteiger partial charge in [-0.3, -0.25) is 14.1 Å². The number of aromatic nitrogens is 2. The van der Waals surface area contributed by atoms with E-state index < -0.39 is 29.5 Å². The van der Waals surface area contributed by atoms with Crippen LogP contribution in [0.5, 0.6) is 0 Å². The number of rotatable bonds is 6. The number of imidazole rings is 1. The van der Waals surface area contributed by atoms with Crippen molar-refractivity contribution in [1.29, 1.82) is 0 Å². The van der Waals surface area contributed by atoms with Crippen molar-refractivity contribution in [2.75, 3.05) is 19.7 Å². The molecule has 1 aliphatic rings. The van der Waals surface area contributed by atoms with Crippen molar-refractivity contribution >= 4 is 11.6 Å². The summed E-state index contributed by atoms with van der Waals surface area (Å²) in [5, 5.41) is 12.2. The van der Waals surface area contributed by atoms with Crippen LogP contribution in [0.3, 0.4) is 0 Å². The first-order valence-electron chi connectivity index (χ1n) is 10.1. The molecule has 3 heterocycles. The third-order valence-corrected chi connectivity index (χ3v) is 5.57. The summed E-state index contributed by atoms with van der Waals surface area (Å²) in [6.45, 7) is 1.86. The third-order valence-electron chi connectivity index (χ3n) is 5.57. The van der Waals surface area contributed by atoms with Crippen molar-refractivity contribution in [3.8, 4) is 0 Å². The largest absolute Gasteiger partial charge is 0.434 e. The normalized spacial score (nSPS) is 15.6. The molecule has 1 amide bonds. The molecule has 1 atom stereocenters. The zero-order valence-electron chi connectivity index (χ0n) is 16.8. The number of pyridine rings is 1. The molecular weight excluding hydrogens is 409 g/mol. The lowest BCUT2D eigenvalue weighted by Crippen LogP contribution is -2.41. The molecule has 0 radical (unpaired) electrons. The van der Waals surface area contributed by atoms with Crippen LogP contribution >= 0.6 is 0 Å². The van der Waals surface area contributed by atoms with Crippen molar-refractivity contribution in [1.82, 2.24) is 19.6 Å². The second-order valence-corrected chi connectivity index (χ2v) is 7.67. The Morgan fingerprint density at radius 3 is 2.65 bits per heavy atom. The monoisotopic (exact) mass is 432 g/mol. The zero-order chi connectivity index (χ0) is 22.0. The molecule has 0 aliphatic carbocycles. The molecule has 2 N–H and O–H groups in total. The summed E-state index contributed by atoms with van der Waals surface area (Å²) in [5.74, 6) is -0.945. The fourth-order valence-corrected chi connectivity index (χ4v) is 3.97. The molecule has 0 bridgehead atoms. The predicted octanol–water partition coefficient (Wildman–Crippen LogP) is 2.89. The number of carbonyl (C=O) groups is 1. The van der Waals surface area contributed by atoms with Crippen LogP contribution in [0.15, 0.2) is 48.7 Å². The van der Waals surface area contributed by atoms with Gasteiger partial charge in [0.05, 0.1) is 12.6 Å². The molecule has 6 nitrogen and oxygen atoms in total. The zero-order valence-corrected chi connectivity index (χ0v) is 16.8. The van der Waals surface area contributed by atoms with E-state index in [1.807, 2.05) is 12.1 Å². The minimum Gasteiger partial charge on any atom is -0.394 e. The summed E-state index contributed by atoms with van der Waals surface area (Å²) in [6, 6.07) is 11.9. The van der Waals surface area contributed by atoms with Gasteiger partial charge >= 0.3 is 6.18 Å². The molecule has 0 saturated carbocycles. The lowest BCUT2D eigenvalue weighted by molar-refractivity contribution is -0.142. The Bertz CT molecular complexity index is 1080. The average molecular weight is 432 g/mol. The fraction of sp³-hybridized carbons (Fsp3) is 0.364. The van der Waals surface area contributed by atoms with Crippen LogP contribution in [-0.2, 0) is 19.1 Å². The van der Waals surface area contributed by atoms with Gasteiger partial charge < -0.3 is 10.4 Å². The fourth-order valence-electron chi connectivity index (χ4n) is 3.97. The van der Waals surface area contributed by atoms with Crippen molar-refractivity contribution in [2.24, 2.45) is 0 Å². The van der Waals surface area contributed by atoms with E-state index in [1.165, 1.54) is 29.5 Å². The van der Waals surface area contributed by atoms with E-state index in [0.29, 0.717) is 13.0 Å². The van der Waals surface area contributed by atoms with Crippen LogP contribution in [0, 0.1) is 0 Å². The molecular formula is C22H23F3N4O2. The van der Waals surface area contributed by atoms with Gasteiger partial charge in [-0.1, -0.05) is 30.3 Å². The van der Waals surface area contributed by atoms with E-state index >= 15 is 0 Å². The molecule has 1 aliphatic heterocycles. The minimum atomic E-state index is -4.75. The number of hydrogen-bond donors (Lipinski definition) is 2. The van der Waals surface area contributed by atoms with Crippen LogP contribution in [0.2, 0.25) is 0 Å². The second kappa shape index (κ2) is 8.68. The number of aliphatic hydroxyl groups is 1. The topological polar surface area (TPSA) is 69.9 Å². The quantitative estimate of drug-likeness (QED) is 0.629. The molecule has 164 valence electrons. The van der Waals surface area contributed by atoms with E-state index in [9.17, 15) is 23.1 Å². The Morgan fingerprint density at radius 2 is 1.90 bits per heavy atom. The highest BCUT2D eigenvalue weighted by molar-refractivity contribution is 5.94. The number of carbonyl (C=O) groups excluding carboxylic acids is 1. The van der Waals surface area contributed by atoms with Crippen molar-refractivity contribution < 1.29 is 23.1 Å². The van der Waals surface area contributed by atoms with E-state index in [-0.39, 0.29) is 12.3 Å².